The first-order valence-electron chi connectivity index (χ1n) is 6.85. The number of nitrogens with zero attached hydrogens (tertiary/aromatic N) is 1. The molecular weight excluding hydrogens is 245 g/mol. The number of halogens is 1. The van der Waals surface area contributed by atoms with Crippen LogP contribution in [-0.2, 0) is 4.74 Å². The molecule has 0 spiro atoms. The topological polar surface area (TPSA) is 32.7 Å². The van der Waals surface area contributed by atoms with E-state index in [4.69, 9.17) is 4.74 Å². The van der Waals surface area contributed by atoms with Crippen molar-refractivity contribution < 1.29 is 14.2 Å². The van der Waals surface area contributed by atoms with Gasteiger partial charge in [-0.2, -0.15) is 0 Å². The maximum atomic E-state index is 14.0. The molecule has 0 amide bonds. The lowest BCUT2D eigenvalue weighted by Gasteiger charge is -2.30. The van der Waals surface area contributed by atoms with Crippen LogP contribution in [0.15, 0.2) is 18.2 Å². The Labute approximate surface area is 114 Å². The van der Waals surface area contributed by atoms with Crippen molar-refractivity contribution in [3.05, 3.63) is 29.6 Å². The third-order valence-electron chi connectivity index (χ3n) is 3.64. The fourth-order valence-electron chi connectivity index (χ4n) is 2.70. The standard InChI is InChI=1S/C15H22FNO2/c1-11(18)13-6-3-7-14(16)15(13)17(2)9-12-5-4-8-19-10-12/h3,6-7,11-12,18H,4-5,8-10H2,1-2H3/t11-,12?/m1/s1. The molecule has 1 aliphatic heterocycles. The fraction of sp³-hybridized carbons (Fsp3) is 0.600. The van der Waals surface area contributed by atoms with Crippen LogP contribution in [0.3, 0.4) is 0 Å². The normalized spacial score (nSPS) is 21.2. The quantitative estimate of drug-likeness (QED) is 0.910. The van der Waals surface area contributed by atoms with Crippen LogP contribution in [0.2, 0.25) is 0 Å². The summed E-state index contributed by atoms with van der Waals surface area (Å²) in [5.74, 6) is 0.151. The molecule has 3 nitrogen and oxygen atoms in total. The van der Waals surface area contributed by atoms with Crippen LogP contribution in [0.4, 0.5) is 10.1 Å². The second-order valence-electron chi connectivity index (χ2n) is 5.32. The van der Waals surface area contributed by atoms with E-state index in [9.17, 15) is 9.50 Å². The van der Waals surface area contributed by atoms with Crippen molar-refractivity contribution in [2.45, 2.75) is 25.9 Å². The summed E-state index contributed by atoms with van der Waals surface area (Å²) in [6.07, 6.45) is 1.51. The maximum absolute atomic E-state index is 14.0. The van der Waals surface area contributed by atoms with Crippen molar-refractivity contribution in [1.29, 1.82) is 0 Å². The summed E-state index contributed by atoms with van der Waals surface area (Å²) in [5, 5.41) is 9.77. The van der Waals surface area contributed by atoms with Gasteiger partial charge in [-0.05, 0) is 31.7 Å². The summed E-state index contributed by atoms with van der Waals surface area (Å²) in [5.41, 5.74) is 1.14. The highest BCUT2D eigenvalue weighted by Gasteiger charge is 2.20. The van der Waals surface area contributed by atoms with Crippen molar-refractivity contribution in [3.63, 3.8) is 0 Å². The third kappa shape index (κ3) is 3.45. The van der Waals surface area contributed by atoms with Gasteiger partial charge in [0.15, 0.2) is 0 Å². The summed E-state index contributed by atoms with van der Waals surface area (Å²) in [6, 6.07) is 4.85. The highest BCUT2D eigenvalue weighted by atomic mass is 19.1. The minimum atomic E-state index is -0.671. The molecule has 1 saturated heterocycles. The van der Waals surface area contributed by atoms with Crippen LogP contribution in [0, 0.1) is 11.7 Å². The number of para-hydroxylation sites is 1. The van der Waals surface area contributed by atoms with Crippen LogP contribution >= 0.6 is 0 Å². The molecule has 2 atom stereocenters. The molecule has 19 heavy (non-hydrogen) atoms. The van der Waals surface area contributed by atoms with Gasteiger partial charge in [-0.25, -0.2) is 4.39 Å². The number of benzene rings is 1. The lowest BCUT2D eigenvalue weighted by Crippen LogP contribution is -2.32. The van der Waals surface area contributed by atoms with Crippen molar-refractivity contribution in [3.8, 4) is 0 Å². The molecule has 1 N–H and O–H groups in total. The van der Waals surface area contributed by atoms with Gasteiger partial charge in [0.2, 0.25) is 0 Å². The second-order valence-corrected chi connectivity index (χ2v) is 5.32. The van der Waals surface area contributed by atoms with Gasteiger partial charge in [0.1, 0.15) is 5.82 Å². The van der Waals surface area contributed by atoms with Crippen molar-refractivity contribution in [1.82, 2.24) is 0 Å². The van der Waals surface area contributed by atoms with E-state index in [2.05, 4.69) is 0 Å². The van der Waals surface area contributed by atoms with E-state index < -0.39 is 6.10 Å². The summed E-state index contributed by atoms with van der Waals surface area (Å²) < 4.78 is 19.5. The summed E-state index contributed by atoms with van der Waals surface area (Å²) in [7, 11) is 1.87. The number of rotatable bonds is 4. The average molecular weight is 267 g/mol. The van der Waals surface area contributed by atoms with Gasteiger partial charge < -0.3 is 14.7 Å². The predicted octanol–water partition coefficient (Wildman–Crippen LogP) is 2.74. The Hall–Kier alpha value is -1.13. The molecule has 106 valence electrons. The molecule has 0 aromatic heterocycles. The SMILES string of the molecule is C[C@@H](O)c1cccc(F)c1N(C)CC1CCCOC1. The molecule has 1 aromatic rings. The Bertz CT molecular complexity index is 417. The van der Waals surface area contributed by atoms with Gasteiger partial charge in [-0.1, -0.05) is 12.1 Å². The van der Waals surface area contributed by atoms with Crippen LogP contribution in [-0.4, -0.2) is 31.9 Å². The molecule has 4 heteroatoms. The molecular formula is C15H22FNO2. The summed E-state index contributed by atoms with van der Waals surface area (Å²) in [6.45, 7) is 3.98. The van der Waals surface area contributed by atoms with E-state index in [1.54, 1.807) is 19.1 Å². The number of aliphatic hydroxyl groups excluding tert-OH is 1. The van der Waals surface area contributed by atoms with Crippen molar-refractivity contribution in [2.75, 3.05) is 31.7 Å². The van der Waals surface area contributed by atoms with E-state index in [0.717, 1.165) is 32.6 Å². The van der Waals surface area contributed by atoms with Crippen LogP contribution in [0.25, 0.3) is 0 Å². The molecule has 1 heterocycles. The Morgan fingerprint density at radius 1 is 1.53 bits per heavy atom. The maximum Gasteiger partial charge on any atom is 0.146 e. The van der Waals surface area contributed by atoms with Gasteiger partial charge >= 0.3 is 0 Å². The monoisotopic (exact) mass is 267 g/mol. The van der Waals surface area contributed by atoms with Crippen LogP contribution < -0.4 is 4.90 Å². The summed E-state index contributed by atoms with van der Waals surface area (Å²) in [4.78, 5) is 1.90. The molecule has 1 aliphatic rings. The lowest BCUT2D eigenvalue weighted by atomic mass is 10.0. The van der Waals surface area contributed by atoms with Crippen molar-refractivity contribution >= 4 is 5.69 Å². The number of hydrogen-bond donors (Lipinski definition) is 1. The molecule has 0 aliphatic carbocycles. The first kappa shape index (κ1) is 14.3. The number of anilines is 1. The molecule has 0 saturated carbocycles. The molecule has 0 bridgehead atoms. The lowest BCUT2D eigenvalue weighted by molar-refractivity contribution is 0.0575. The second kappa shape index (κ2) is 6.35. The highest BCUT2D eigenvalue weighted by Crippen LogP contribution is 2.29. The zero-order valence-corrected chi connectivity index (χ0v) is 11.6. The van der Waals surface area contributed by atoms with Gasteiger partial charge in [-0.3, -0.25) is 0 Å². The smallest absolute Gasteiger partial charge is 0.146 e. The largest absolute Gasteiger partial charge is 0.389 e. The zero-order chi connectivity index (χ0) is 13.8. The number of hydrogen-bond acceptors (Lipinski definition) is 3. The van der Waals surface area contributed by atoms with Crippen LogP contribution in [0.5, 0.6) is 0 Å². The number of ether oxygens (including phenoxy) is 1. The Balaban J connectivity index is 2.15. The zero-order valence-electron chi connectivity index (χ0n) is 11.6. The summed E-state index contributed by atoms with van der Waals surface area (Å²) >= 11 is 0. The first-order chi connectivity index (χ1) is 9.09. The van der Waals surface area contributed by atoms with E-state index in [1.807, 2.05) is 11.9 Å². The van der Waals surface area contributed by atoms with Gasteiger partial charge in [-0.15, -0.1) is 0 Å². The van der Waals surface area contributed by atoms with Gasteiger partial charge in [0.05, 0.1) is 18.4 Å². The van der Waals surface area contributed by atoms with Gasteiger partial charge in [0, 0.05) is 25.8 Å². The average Bonchev–Trinajstić information content (AvgIpc) is 2.39. The highest BCUT2D eigenvalue weighted by molar-refractivity contribution is 5.55. The predicted molar refractivity (Wildman–Crippen MR) is 73.8 cm³/mol. The molecule has 1 aromatic carbocycles. The molecule has 1 unspecified atom stereocenters. The minimum absolute atomic E-state index is 0.280. The third-order valence-corrected chi connectivity index (χ3v) is 3.64. The van der Waals surface area contributed by atoms with Crippen LogP contribution in [0.1, 0.15) is 31.4 Å². The molecule has 1 fully saturated rings. The number of aliphatic hydroxyl groups is 1. The van der Waals surface area contributed by atoms with Gasteiger partial charge in [0.25, 0.3) is 0 Å². The Morgan fingerprint density at radius 3 is 2.95 bits per heavy atom. The Kier molecular flexibility index (Phi) is 4.77. The van der Waals surface area contributed by atoms with Crippen molar-refractivity contribution in [2.24, 2.45) is 5.92 Å². The molecule has 2 rings (SSSR count). The minimum Gasteiger partial charge on any atom is -0.389 e. The van der Waals surface area contributed by atoms with E-state index >= 15 is 0 Å². The van der Waals surface area contributed by atoms with E-state index in [0.29, 0.717) is 17.2 Å². The fourth-order valence-corrected chi connectivity index (χ4v) is 2.70. The Morgan fingerprint density at radius 2 is 2.32 bits per heavy atom. The molecule has 0 radical (unpaired) electrons. The first-order valence-corrected chi connectivity index (χ1v) is 6.85. The van der Waals surface area contributed by atoms with E-state index in [-0.39, 0.29) is 5.82 Å². The van der Waals surface area contributed by atoms with E-state index in [1.165, 1.54) is 6.07 Å².